The van der Waals surface area contributed by atoms with Gasteiger partial charge in [-0.25, -0.2) is 0 Å². The van der Waals surface area contributed by atoms with Crippen LogP contribution in [0.1, 0.15) is 316 Å². The van der Waals surface area contributed by atoms with Crippen LogP contribution in [-0.2, 0) is 14.3 Å². The third-order valence-electron chi connectivity index (χ3n) is 16.2. The molecule has 1 rings (SSSR count). The monoisotopic (exact) mass is 1110 g/mol. The largest absolute Gasteiger partial charge is 0.394 e. The maximum Gasteiger partial charge on any atom is 0.249 e. The summed E-state index contributed by atoms with van der Waals surface area (Å²) in [6.45, 7) is 3.48. The maximum atomic E-state index is 13.2. The number of nitrogens with one attached hydrogen (secondary N) is 1. The zero-order chi connectivity index (χ0) is 56.8. The standard InChI is InChI=1S/C67H127NO10/c1-3-5-7-9-11-13-15-17-19-21-23-25-27-29-30-31-33-34-36-38-40-42-44-46-48-50-52-54-59(70)62(72)58(57-77-67-65(75)64(74)63(73)61(56-69)78-67)68-66(76)60(71)55-53-51-49-47-45-43-41-39-37-35-32-28-26-24-22-20-18-16-14-12-10-8-6-4-2/h31,33,38,40,46,48,58-65,67,69-75H,3-30,32,34-37,39,41-45,47,49-57H2,1-2H3,(H,68,76)/b33-31+,40-38+,48-46+. The van der Waals surface area contributed by atoms with Gasteiger partial charge >= 0.3 is 0 Å². The molecule has 0 aliphatic carbocycles. The van der Waals surface area contributed by atoms with E-state index >= 15 is 0 Å². The number of carbonyl (C=O) groups excluding carboxylic acids is 1. The van der Waals surface area contributed by atoms with Crippen molar-refractivity contribution in [2.45, 2.75) is 371 Å². The summed E-state index contributed by atoms with van der Waals surface area (Å²) in [5.74, 6) is -0.707. The van der Waals surface area contributed by atoms with Gasteiger partial charge in [0.05, 0.1) is 25.4 Å². The molecule has 8 N–H and O–H groups in total. The van der Waals surface area contributed by atoms with Gasteiger partial charge in [0, 0.05) is 0 Å². The summed E-state index contributed by atoms with van der Waals surface area (Å²) < 4.78 is 11.2. The zero-order valence-corrected chi connectivity index (χ0v) is 50.7. The Morgan fingerprint density at radius 1 is 0.436 bits per heavy atom. The van der Waals surface area contributed by atoms with Gasteiger partial charge in [0.15, 0.2) is 6.29 Å². The van der Waals surface area contributed by atoms with Gasteiger partial charge in [0.25, 0.3) is 0 Å². The van der Waals surface area contributed by atoms with Crippen molar-refractivity contribution in [2.24, 2.45) is 0 Å². The summed E-state index contributed by atoms with van der Waals surface area (Å²) in [6, 6.07) is -1.19. The fraction of sp³-hybridized carbons (Fsp3) is 0.896. The Kier molecular flexibility index (Phi) is 53.2. The van der Waals surface area contributed by atoms with Crippen molar-refractivity contribution in [1.29, 1.82) is 0 Å². The third kappa shape index (κ3) is 43.1. The van der Waals surface area contributed by atoms with Crippen molar-refractivity contribution in [3.8, 4) is 0 Å². The van der Waals surface area contributed by atoms with Gasteiger partial charge in [-0.3, -0.25) is 4.79 Å². The molecular weight excluding hydrogens is 979 g/mol. The van der Waals surface area contributed by atoms with Gasteiger partial charge in [0.1, 0.15) is 36.6 Å². The van der Waals surface area contributed by atoms with E-state index < -0.39 is 74.2 Å². The van der Waals surface area contributed by atoms with Crippen LogP contribution in [0.3, 0.4) is 0 Å². The van der Waals surface area contributed by atoms with Crippen LogP contribution in [-0.4, -0.2) is 110 Å². The Morgan fingerprint density at radius 2 is 0.769 bits per heavy atom. The minimum Gasteiger partial charge on any atom is -0.394 e. The Labute approximate surface area is 479 Å². The number of allylic oxidation sites excluding steroid dienone is 6. The van der Waals surface area contributed by atoms with E-state index in [1.807, 2.05) is 0 Å². The van der Waals surface area contributed by atoms with E-state index in [2.05, 4.69) is 55.6 Å². The number of aliphatic hydroxyl groups is 7. The van der Waals surface area contributed by atoms with Crippen molar-refractivity contribution in [3.63, 3.8) is 0 Å². The van der Waals surface area contributed by atoms with Crippen molar-refractivity contribution in [1.82, 2.24) is 5.32 Å². The van der Waals surface area contributed by atoms with Crippen LogP contribution >= 0.6 is 0 Å². The lowest BCUT2D eigenvalue weighted by Gasteiger charge is -2.40. The SMILES string of the molecule is CCCCCCCCCCCCCCCC/C=C/CC/C=C/CC/C=C/CCCC(O)C(O)C(COC1OC(CO)C(O)C(O)C1O)NC(=O)C(O)CCCCCCCCCCCCCCCCCCCCCCCCCC. The first-order chi connectivity index (χ1) is 38.2. The molecular formula is C67H127NO10. The van der Waals surface area contributed by atoms with Gasteiger partial charge in [-0.1, -0.05) is 288 Å². The van der Waals surface area contributed by atoms with Crippen molar-refractivity contribution >= 4 is 5.91 Å². The van der Waals surface area contributed by atoms with Crippen LogP contribution in [0.4, 0.5) is 0 Å². The molecule has 9 atom stereocenters. The second-order valence-electron chi connectivity index (χ2n) is 23.5. The molecule has 1 aliphatic rings. The minimum absolute atomic E-state index is 0.243. The first kappa shape index (κ1) is 74.3. The van der Waals surface area contributed by atoms with Crippen LogP contribution in [0.15, 0.2) is 36.5 Å². The molecule has 0 aromatic heterocycles. The number of aliphatic hydroxyl groups excluding tert-OH is 7. The topological polar surface area (TPSA) is 189 Å². The molecule has 460 valence electrons. The Bertz CT molecular complexity index is 1360. The highest BCUT2D eigenvalue weighted by Gasteiger charge is 2.44. The average molecular weight is 1110 g/mol. The van der Waals surface area contributed by atoms with Gasteiger partial charge in [-0.15, -0.1) is 0 Å². The summed E-state index contributed by atoms with van der Waals surface area (Å²) >= 11 is 0. The number of hydrogen-bond donors (Lipinski definition) is 8. The minimum atomic E-state index is -1.67. The summed E-state index contributed by atoms with van der Waals surface area (Å²) in [4.78, 5) is 13.2. The number of carbonyl (C=O) groups is 1. The number of ether oxygens (including phenoxy) is 2. The van der Waals surface area contributed by atoms with E-state index in [-0.39, 0.29) is 12.8 Å². The van der Waals surface area contributed by atoms with Crippen LogP contribution in [0.2, 0.25) is 0 Å². The molecule has 1 aliphatic heterocycles. The second kappa shape index (κ2) is 55.8. The van der Waals surface area contributed by atoms with E-state index in [1.165, 1.54) is 225 Å². The van der Waals surface area contributed by atoms with E-state index in [0.717, 1.165) is 44.9 Å². The van der Waals surface area contributed by atoms with E-state index in [4.69, 9.17) is 9.47 Å². The highest BCUT2D eigenvalue weighted by molar-refractivity contribution is 5.80. The highest BCUT2D eigenvalue weighted by atomic mass is 16.7. The van der Waals surface area contributed by atoms with Crippen LogP contribution in [0.5, 0.6) is 0 Å². The summed E-state index contributed by atoms with van der Waals surface area (Å²) in [6.07, 6.45) is 59.3. The van der Waals surface area contributed by atoms with Gasteiger partial charge < -0.3 is 50.5 Å². The number of rotatable bonds is 58. The second-order valence-corrected chi connectivity index (χ2v) is 23.5. The summed E-state index contributed by atoms with van der Waals surface area (Å²) in [7, 11) is 0. The van der Waals surface area contributed by atoms with E-state index in [1.54, 1.807) is 0 Å². The maximum absolute atomic E-state index is 13.2. The Morgan fingerprint density at radius 3 is 1.14 bits per heavy atom. The van der Waals surface area contributed by atoms with Gasteiger partial charge in [-0.2, -0.15) is 0 Å². The van der Waals surface area contributed by atoms with Crippen molar-refractivity contribution in [2.75, 3.05) is 13.2 Å². The third-order valence-corrected chi connectivity index (χ3v) is 16.2. The summed E-state index contributed by atoms with van der Waals surface area (Å²) in [5, 5.41) is 76.4. The van der Waals surface area contributed by atoms with E-state index in [0.29, 0.717) is 19.3 Å². The Hall–Kier alpha value is -1.67. The number of amides is 1. The highest BCUT2D eigenvalue weighted by Crippen LogP contribution is 2.24. The molecule has 0 spiro atoms. The molecule has 1 amide bonds. The molecule has 11 nitrogen and oxygen atoms in total. The molecule has 0 aromatic rings. The number of unbranched alkanes of at least 4 members (excludes halogenated alkanes) is 40. The molecule has 9 unspecified atom stereocenters. The molecule has 11 heteroatoms. The van der Waals surface area contributed by atoms with Crippen molar-refractivity contribution in [3.05, 3.63) is 36.5 Å². The lowest BCUT2D eigenvalue weighted by atomic mass is 9.98. The summed E-state index contributed by atoms with van der Waals surface area (Å²) in [5.41, 5.74) is 0. The first-order valence-corrected chi connectivity index (χ1v) is 33.4. The molecule has 0 radical (unpaired) electrons. The van der Waals surface area contributed by atoms with Crippen LogP contribution < -0.4 is 5.32 Å². The predicted octanol–water partition coefficient (Wildman–Crippen LogP) is 15.4. The van der Waals surface area contributed by atoms with E-state index in [9.17, 15) is 40.5 Å². The van der Waals surface area contributed by atoms with Gasteiger partial charge in [0.2, 0.25) is 5.91 Å². The van der Waals surface area contributed by atoms with Crippen LogP contribution in [0.25, 0.3) is 0 Å². The predicted molar refractivity (Wildman–Crippen MR) is 325 cm³/mol. The molecule has 1 heterocycles. The smallest absolute Gasteiger partial charge is 0.249 e. The normalized spacial score (nSPS) is 19.6. The molecule has 1 saturated heterocycles. The van der Waals surface area contributed by atoms with Crippen LogP contribution in [0, 0.1) is 0 Å². The Balaban J connectivity index is 2.27. The molecule has 0 saturated carbocycles. The quantitative estimate of drug-likeness (QED) is 0.0215. The molecule has 0 bridgehead atoms. The number of hydrogen-bond acceptors (Lipinski definition) is 10. The zero-order valence-electron chi connectivity index (χ0n) is 50.7. The lowest BCUT2D eigenvalue weighted by molar-refractivity contribution is -0.303. The lowest BCUT2D eigenvalue weighted by Crippen LogP contribution is -2.60. The first-order valence-electron chi connectivity index (χ1n) is 33.4. The van der Waals surface area contributed by atoms with Gasteiger partial charge in [-0.05, 0) is 64.2 Å². The molecule has 78 heavy (non-hydrogen) atoms. The van der Waals surface area contributed by atoms with Crippen molar-refractivity contribution < 1.29 is 50.0 Å². The molecule has 1 fully saturated rings. The fourth-order valence-corrected chi connectivity index (χ4v) is 10.8. The average Bonchev–Trinajstić information content (AvgIpc) is 3.46. The molecule has 0 aromatic carbocycles. The fourth-order valence-electron chi connectivity index (χ4n) is 10.8.